The molecule has 0 spiro atoms. The summed E-state index contributed by atoms with van der Waals surface area (Å²) in [6.07, 6.45) is -0.0465. The maximum Gasteiger partial charge on any atom is 0.317 e. The zero-order valence-corrected chi connectivity index (χ0v) is 24.5. The zero-order valence-electron chi connectivity index (χ0n) is 22.2. The number of halogens is 3. The first kappa shape index (κ1) is 30.4. The summed E-state index contributed by atoms with van der Waals surface area (Å²) < 4.78 is 0. The number of rotatable bonds is 10. The van der Waals surface area contributed by atoms with Crippen LogP contribution in [0, 0.1) is 5.92 Å². The number of carboxylic acids is 1. The number of hydrogen-bond donors (Lipinski definition) is 2. The molecule has 41 heavy (non-hydrogen) atoms. The van der Waals surface area contributed by atoms with Crippen molar-refractivity contribution in [3.63, 3.8) is 0 Å². The van der Waals surface area contributed by atoms with E-state index in [1.165, 1.54) is 11.0 Å². The first-order valence-electron chi connectivity index (χ1n) is 12.9. The SMILES string of the molecule is CN(Cc1ccccc1)C(=O)NCC(CC(=O)c1c(Cl)cc2c(c1Cl)CCN(Cc1cccc(Cl)c1)C2=O)C(=O)O. The number of aliphatic carboxylic acids is 1. The van der Waals surface area contributed by atoms with Gasteiger partial charge in [-0.05, 0) is 41.3 Å². The average Bonchev–Trinajstić information content (AvgIpc) is 2.93. The van der Waals surface area contributed by atoms with Crippen LogP contribution in [0.4, 0.5) is 4.79 Å². The standard InChI is InChI=1S/C30H28Cl3N3O5/c1-35(16-18-6-3-2-4-7-18)30(41)34-15-20(29(39)40)13-25(37)26-24(32)14-23-22(27(26)33)10-11-36(28(23)38)17-19-8-5-9-21(31)12-19/h2-9,12,14,20H,10-11,13,15-17H2,1H3,(H,34,41)(H,39,40). The third-order valence-corrected chi connectivity index (χ3v) is 7.85. The normalized spacial score (nSPS) is 13.4. The Morgan fingerprint density at radius 1 is 1.02 bits per heavy atom. The van der Waals surface area contributed by atoms with Crippen LogP contribution in [-0.2, 0) is 24.3 Å². The Bertz CT molecular complexity index is 1480. The highest BCUT2D eigenvalue weighted by molar-refractivity contribution is 6.41. The van der Waals surface area contributed by atoms with Gasteiger partial charge in [0.2, 0.25) is 0 Å². The van der Waals surface area contributed by atoms with Gasteiger partial charge in [-0.3, -0.25) is 14.4 Å². The molecule has 1 heterocycles. The van der Waals surface area contributed by atoms with Crippen molar-refractivity contribution in [1.29, 1.82) is 0 Å². The molecule has 0 fully saturated rings. The average molecular weight is 617 g/mol. The number of carbonyl (C=O) groups is 4. The number of carboxylic acid groups (broad SMARTS) is 1. The van der Waals surface area contributed by atoms with Crippen molar-refractivity contribution in [1.82, 2.24) is 15.1 Å². The Morgan fingerprint density at radius 2 is 1.73 bits per heavy atom. The number of hydrogen-bond acceptors (Lipinski definition) is 4. The van der Waals surface area contributed by atoms with E-state index in [-0.39, 0.29) is 28.1 Å². The molecule has 2 N–H and O–H groups in total. The van der Waals surface area contributed by atoms with Gasteiger partial charge in [0, 0.05) is 50.2 Å². The molecule has 4 rings (SSSR count). The molecule has 0 aliphatic carbocycles. The molecule has 214 valence electrons. The van der Waals surface area contributed by atoms with Gasteiger partial charge in [-0.2, -0.15) is 0 Å². The lowest BCUT2D eigenvalue weighted by Crippen LogP contribution is -2.41. The second-order valence-corrected chi connectivity index (χ2v) is 11.1. The summed E-state index contributed by atoms with van der Waals surface area (Å²) in [5, 5.41) is 12.9. The first-order chi connectivity index (χ1) is 19.5. The van der Waals surface area contributed by atoms with E-state index < -0.39 is 30.1 Å². The number of nitrogens with one attached hydrogen (secondary N) is 1. The van der Waals surface area contributed by atoms with Gasteiger partial charge >= 0.3 is 12.0 Å². The van der Waals surface area contributed by atoms with Crippen molar-refractivity contribution < 1.29 is 24.3 Å². The molecule has 0 aromatic heterocycles. The lowest BCUT2D eigenvalue weighted by molar-refractivity contribution is -0.141. The molecular formula is C30H28Cl3N3O5. The van der Waals surface area contributed by atoms with Crippen molar-refractivity contribution >= 4 is 58.5 Å². The highest BCUT2D eigenvalue weighted by Crippen LogP contribution is 2.36. The lowest BCUT2D eigenvalue weighted by atomic mass is 9.92. The van der Waals surface area contributed by atoms with Gasteiger partial charge < -0.3 is 20.2 Å². The fourth-order valence-electron chi connectivity index (χ4n) is 4.72. The molecule has 11 heteroatoms. The van der Waals surface area contributed by atoms with E-state index in [0.717, 1.165) is 11.1 Å². The molecule has 1 aliphatic rings. The Balaban J connectivity index is 1.44. The number of nitrogens with zero attached hydrogens (tertiary/aromatic N) is 2. The van der Waals surface area contributed by atoms with Gasteiger partial charge in [0.05, 0.1) is 21.5 Å². The quantitative estimate of drug-likeness (QED) is 0.273. The molecule has 1 unspecified atom stereocenters. The number of carbonyl (C=O) groups excluding carboxylic acids is 3. The van der Waals surface area contributed by atoms with Crippen LogP contribution in [0.5, 0.6) is 0 Å². The predicted molar refractivity (Wildman–Crippen MR) is 158 cm³/mol. The van der Waals surface area contributed by atoms with E-state index >= 15 is 0 Å². The van der Waals surface area contributed by atoms with Crippen LogP contribution in [-0.4, -0.2) is 58.7 Å². The van der Waals surface area contributed by atoms with Crippen LogP contribution in [0.3, 0.4) is 0 Å². The maximum absolute atomic E-state index is 13.3. The maximum atomic E-state index is 13.3. The highest BCUT2D eigenvalue weighted by atomic mass is 35.5. The summed E-state index contributed by atoms with van der Waals surface area (Å²) in [5.74, 6) is -3.33. The van der Waals surface area contributed by atoms with E-state index in [1.807, 2.05) is 42.5 Å². The summed E-state index contributed by atoms with van der Waals surface area (Å²) in [4.78, 5) is 54.1. The monoisotopic (exact) mass is 615 g/mol. The lowest BCUT2D eigenvalue weighted by Gasteiger charge is -2.30. The minimum absolute atomic E-state index is 0.0260. The van der Waals surface area contributed by atoms with Crippen molar-refractivity contribution in [3.8, 4) is 0 Å². The molecular weight excluding hydrogens is 589 g/mol. The number of benzene rings is 3. The van der Waals surface area contributed by atoms with E-state index in [1.54, 1.807) is 24.1 Å². The van der Waals surface area contributed by atoms with E-state index in [4.69, 9.17) is 34.8 Å². The highest BCUT2D eigenvalue weighted by Gasteiger charge is 2.32. The van der Waals surface area contributed by atoms with Crippen LogP contribution in [0.2, 0.25) is 15.1 Å². The summed E-state index contributed by atoms with van der Waals surface area (Å²) >= 11 is 19.1. The van der Waals surface area contributed by atoms with Gasteiger partial charge in [-0.15, -0.1) is 0 Å². The van der Waals surface area contributed by atoms with Gasteiger partial charge in [-0.1, -0.05) is 77.3 Å². The largest absolute Gasteiger partial charge is 0.481 e. The molecule has 0 radical (unpaired) electrons. The van der Waals surface area contributed by atoms with Crippen molar-refractivity contribution in [3.05, 3.63) is 104 Å². The fourth-order valence-corrected chi connectivity index (χ4v) is 5.70. The van der Waals surface area contributed by atoms with Gasteiger partial charge in [0.15, 0.2) is 5.78 Å². The molecule has 3 aromatic rings. The van der Waals surface area contributed by atoms with E-state index in [2.05, 4.69) is 5.32 Å². The molecule has 0 bridgehead atoms. The number of ketones is 1. The zero-order chi connectivity index (χ0) is 29.7. The molecule has 1 atom stereocenters. The topological polar surface area (TPSA) is 107 Å². The minimum Gasteiger partial charge on any atom is -0.481 e. The van der Waals surface area contributed by atoms with Crippen molar-refractivity contribution in [2.24, 2.45) is 5.92 Å². The van der Waals surface area contributed by atoms with Gasteiger partial charge in [0.1, 0.15) is 0 Å². The third kappa shape index (κ3) is 7.38. The van der Waals surface area contributed by atoms with Crippen LogP contribution in [0.1, 0.15) is 43.8 Å². The minimum atomic E-state index is -1.25. The Labute approximate surface area is 252 Å². The number of urea groups is 1. The molecule has 0 saturated heterocycles. The van der Waals surface area contributed by atoms with Crippen molar-refractivity contribution in [2.45, 2.75) is 25.9 Å². The Hall–Kier alpha value is -3.59. The number of Topliss-reactive ketones (excluding diaryl/α,β-unsaturated/α-hetero) is 1. The summed E-state index contributed by atoms with van der Waals surface area (Å²) in [6, 6.07) is 17.5. The van der Waals surface area contributed by atoms with Crippen LogP contribution >= 0.6 is 34.8 Å². The molecule has 3 amide bonds. The van der Waals surface area contributed by atoms with E-state index in [9.17, 15) is 24.3 Å². The molecule has 3 aromatic carbocycles. The van der Waals surface area contributed by atoms with Gasteiger partial charge in [-0.25, -0.2) is 4.79 Å². The number of amides is 3. The van der Waals surface area contributed by atoms with Gasteiger partial charge in [0.25, 0.3) is 5.91 Å². The molecule has 1 aliphatic heterocycles. The Kier molecular flexibility index (Phi) is 9.91. The second kappa shape index (κ2) is 13.4. The third-order valence-electron chi connectivity index (χ3n) is 6.90. The van der Waals surface area contributed by atoms with Crippen LogP contribution in [0.25, 0.3) is 0 Å². The Morgan fingerprint density at radius 3 is 2.41 bits per heavy atom. The van der Waals surface area contributed by atoms with Crippen LogP contribution in [0.15, 0.2) is 60.7 Å². The summed E-state index contributed by atoms with van der Waals surface area (Å²) in [5.41, 5.74) is 2.55. The summed E-state index contributed by atoms with van der Waals surface area (Å²) in [6.45, 7) is 0.782. The smallest absolute Gasteiger partial charge is 0.317 e. The fraction of sp³-hybridized carbons (Fsp3) is 0.267. The van der Waals surface area contributed by atoms with Crippen LogP contribution < -0.4 is 5.32 Å². The predicted octanol–water partition coefficient (Wildman–Crippen LogP) is 5.96. The molecule has 0 saturated carbocycles. The number of fused-ring (bicyclic) bond motifs is 1. The molecule has 8 nitrogen and oxygen atoms in total. The van der Waals surface area contributed by atoms with E-state index in [0.29, 0.717) is 42.2 Å². The van der Waals surface area contributed by atoms with Crippen molar-refractivity contribution in [2.75, 3.05) is 20.1 Å². The summed E-state index contributed by atoms with van der Waals surface area (Å²) in [7, 11) is 1.59. The second-order valence-electron chi connectivity index (χ2n) is 9.87. The first-order valence-corrected chi connectivity index (χ1v) is 14.0.